The van der Waals surface area contributed by atoms with Crippen molar-refractivity contribution in [2.24, 2.45) is 17.4 Å². The summed E-state index contributed by atoms with van der Waals surface area (Å²) in [5.74, 6) is -0.887. The highest BCUT2D eigenvalue weighted by atomic mass is 16.2. The quantitative estimate of drug-likeness (QED) is 0.576. The summed E-state index contributed by atoms with van der Waals surface area (Å²) >= 11 is 0. The van der Waals surface area contributed by atoms with Crippen LogP contribution in [0.25, 0.3) is 0 Å². The van der Waals surface area contributed by atoms with Gasteiger partial charge in [0.05, 0.1) is 6.54 Å². The molecule has 1 heterocycles. The lowest BCUT2D eigenvalue weighted by atomic mass is 10.0. The topological polar surface area (TPSA) is 119 Å². The van der Waals surface area contributed by atoms with Gasteiger partial charge in [0.25, 0.3) is 0 Å². The number of carbonyl (C=O) groups excluding carboxylic acids is 3. The molecule has 0 aromatic rings. The largest absolute Gasteiger partial charge is 0.368 e. The number of nitrogens with one attached hydrogen (secondary N) is 1. The molecule has 2 atom stereocenters. The fourth-order valence-corrected chi connectivity index (χ4v) is 2.47. The van der Waals surface area contributed by atoms with E-state index in [0.717, 1.165) is 6.42 Å². The third kappa shape index (κ3) is 4.19. The molecular formula is C13H24N4O3. The molecule has 0 aromatic heterocycles. The molecule has 1 aliphatic heterocycles. The molecular weight excluding hydrogens is 260 g/mol. The molecule has 1 saturated heterocycles. The van der Waals surface area contributed by atoms with E-state index >= 15 is 0 Å². The van der Waals surface area contributed by atoms with Crippen molar-refractivity contribution in [3.05, 3.63) is 0 Å². The fourth-order valence-electron chi connectivity index (χ4n) is 2.47. The zero-order chi connectivity index (χ0) is 15.3. The Morgan fingerprint density at radius 1 is 1.35 bits per heavy atom. The van der Waals surface area contributed by atoms with Crippen molar-refractivity contribution < 1.29 is 14.4 Å². The van der Waals surface area contributed by atoms with Crippen LogP contribution in [0.2, 0.25) is 0 Å². The van der Waals surface area contributed by atoms with E-state index in [9.17, 15) is 14.4 Å². The summed E-state index contributed by atoms with van der Waals surface area (Å²) in [6.45, 7) is 4.26. The molecule has 114 valence electrons. The van der Waals surface area contributed by atoms with E-state index in [2.05, 4.69) is 5.32 Å². The van der Waals surface area contributed by atoms with Crippen LogP contribution >= 0.6 is 0 Å². The molecule has 1 aliphatic rings. The molecule has 20 heavy (non-hydrogen) atoms. The maximum Gasteiger partial charge on any atom is 0.245 e. The lowest BCUT2D eigenvalue weighted by molar-refractivity contribution is -0.140. The van der Waals surface area contributed by atoms with Gasteiger partial charge in [0, 0.05) is 6.54 Å². The lowest BCUT2D eigenvalue weighted by Gasteiger charge is -2.28. The Morgan fingerprint density at radius 3 is 2.50 bits per heavy atom. The summed E-state index contributed by atoms with van der Waals surface area (Å²) in [6.07, 6.45) is 1.84. The summed E-state index contributed by atoms with van der Waals surface area (Å²) in [6, 6.07) is -1.21. The van der Waals surface area contributed by atoms with E-state index in [1.807, 2.05) is 13.8 Å². The molecule has 3 amide bonds. The van der Waals surface area contributed by atoms with E-state index in [-0.39, 0.29) is 24.3 Å². The third-order valence-electron chi connectivity index (χ3n) is 3.39. The summed E-state index contributed by atoms with van der Waals surface area (Å²) in [7, 11) is 0. The molecule has 0 radical (unpaired) electrons. The predicted molar refractivity (Wildman–Crippen MR) is 74.4 cm³/mol. The normalized spacial score (nSPS) is 20.0. The molecule has 0 unspecified atom stereocenters. The molecule has 7 nitrogen and oxygen atoms in total. The van der Waals surface area contributed by atoms with Crippen molar-refractivity contribution in [2.45, 2.75) is 45.2 Å². The lowest BCUT2D eigenvalue weighted by Crippen LogP contribution is -2.53. The van der Waals surface area contributed by atoms with E-state index in [4.69, 9.17) is 11.5 Å². The Bertz CT molecular complexity index is 384. The molecule has 0 bridgehead atoms. The van der Waals surface area contributed by atoms with Crippen LogP contribution in [0.5, 0.6) is 0 Å². The van der Waals surface area contributed by atoms with Gasteiger partial charge >= 0.3 is 0 Å². The predicted octanol–water partition coefficient (Wildman–Crippen LogP) is -1.05. The fraction of sp³-hybridized carbons (Fsp3) is 0.769. The van der Waals surface area contributed by atoms with Crippen LogP contribution in [0.15, 0.2) is 0 Å². The van der Waals surface area contributed by atoms with Crippen molar-refractivity contribution in [3.8, 4) is 0 Å². The Hall–Kier alpha value is -1.63. The van der Waals surface area contributed by atoms with Crippen LogP contribution < -0.4 is 16.8 Å². The van der Waals surface area contributed by atoms with Crippen molar-refractivity contribution in [1.29, 1.82) is 0 Å². The molecule has 7 heteroatoms. The van der Waals surface area contributed by atoms with Gasteiger partial charge in [-0.15, -0.1) is 0 Å². The second-order valence-electron chi connectivity index (χ2n) is 5.55. The first-order valence-corrected chi connectivity index (χ1v) is 6.96. The summed E-state index contributed by atoms with van der Waals surface area (Å²) in [4.78, 5) is 36.8. The van der Waals surface area contributed by atoms with Crippen molar-refractivity contribution >= 4 is 17.7 Å². The average Bonchev–Trinajstić information content (AvgIpc) is 2.85. The van der Waals surface area contributed by atoms with Crippen LogP contribution in [-0.4, -0.2) is 47.8 Å². The van der Waals surface area contributed by atoms with Gasteiger partial charge in [-0.05, 0) is 25.2 Å². The number of rotatable bonds is 6. The van der Waals surface area contributed by atoms with E-state index < -0.39 is 18.0 Å². The summed E-state index contributed by atoms with van der Waals surface area (Å²) in [5.41, 5.74) is 10.6. The van der Waals surface area contributed by atoms with Crippen molar-refractivity contribution in [3.63, 3.8) is 0 Å². The number of amides is 3. The smallest absolute Gasteiger partial charge is 0.245 e. The minimum atomic E-state index is -0.647. The number of likely N-dealkylation sites (tertiary alicyclic amines) is 1. The van der Waals surface area contributed by atoms with Gasteiger partial charge in [-0.25, -0.2) is 0 Å². The third-order valence-corrected chi connectivity index (χ3v) is 3.39. The molecule has 1 rings (SSSR count). The average molecular weight is 284 g/mol. The van der Waals surface area contributed by atoms with Gasteiger partial charge in [0.2, 0.25) is 17.7 Å². The second-order valence-corrected chi connectivity index (χ2v) is 5.55. The number of nitrogens with zero attached hydrogens (tertiary/aromatic N) is 1. The maximum absolute atomic E-state index is 12.5. The van der Waals surface area contributed by atoms with Gasteiger partial charge in [0.1, 0.15) is 12.1 Å². The number of hydrogen-bond acceptors (Lipinski definition) is 4. The highest BCUT2D eigenvalue weighted by Gasteiger charge is 2.36. The molecule has 0 aliphatic carbocycles. The minimum absolute atomic E-state index is 0.166. The first kappa shape index (κ1) is 16.4. The van der Waals surface area contributed by atoms with Crippen molar-refractivity contribution in [1.82, 2.24) is 10.2 Å². The standard InChI is InChI=1S/C13H24N4O3/c1-8(2)6-9(16-11(18)7-14)13(20)17-5-3-4-10(17)12(15)19/h8-10H,3-7,14H2,1-2H3,(H2,15,19)(H,16,18)/t9-,10-/m0/s1. The number of nitrogens with two attached hydrogens (primary N) is 2. The molecule has 5 N–H and O–H groups in total. The highest BCUT2D eigenvalue weighted by Crippen LogP contribution is 2.19. The number of hydrogen-bond donors (Lipinski definition) is 3. The zero-order valence-electron chi connectivity index (χ0n) is 12.1. The Morgan fingerprint density at radius 2 is 2.00 bits per heavy atom. The summed E-state index contributed by atoms with van der Waals surface area (Å²) < 4.78 is 0. The monoisotopic (exact) mass is 284 g/mol. The first-order chi connectivity index (χ1) is 9.36. The van der Waals surface area contributed by atoms with Gasteiger partial charge in [-0.2, -0.15) is 0 Å². The van der Waals surface area contributed by atoms with Crippen LogP contribution in [0.3, 0.4) is 0 Å². The minimum Gasteiger partial charge on any atom is -0.368 e. The van der Waals surface area contributed by atoms with E-state index in [1.165, 1.54) is 4.90 Å². The molecule has 1 fully saturated rings. The van der Waals surface area contributed by atoms with Gasteiger partial charge in [0.15, 0.2) is 0 Å². The van der Waals surface area contributed by atoms with E-state index in [0.29, 0.717) is 19.4 Å². The molecule has 0 spiro atoms. The zero-order valence-corrected chi connectivity index (χ0v) is 12.1. The van der Waals surface area contributed by atoms with Gasteiger partial charge in [-0.1, -0.05) is 13.8 Å². The van der Waals surface area contributed by atoms with Gasteiger partial charge < -0.3 is 21.7 Å². The number of carbonyl (C=O) groups is 3. The Kier molecular flexibility index (Phi) is 5.94. The first-order valence-electron chi connectivity index (χ1n) is 6.96. The Labute approximate surface area is 119 Å². The van der Waals surface area contributed by atoms with Crippen molar-refractivity contribution in [2.75, 3.05) is 13.1 Å². The maximum atomic E-state index is 12.5. The van der Waals surface area contributed by atoms with E-state index in [1.54, 1.807) is 0 Å². The van der Waals surface area contributed by atoms with Crippen LogP contribution in [0.4, 0.5) is 0 Å². The second kappa shape index (κ2) is 7.23. The SMILES string of the molecule is CC(C)C[C@H](NC(=O)CN)C(=O)N1CCC[C@H]1C(N)=O. The van der Waals surface area contributed by atoms with Crippen LogP contribution in [0, 0.1) is 5.92 Å². The Balaban J connectivity index is 2.80. The van der Waals surface area contributed by atoms with Crippen LogP contribution in [0.1, 0.15) is 33.1 Å². The molecule has 0 aromatic carbocycles. The summed E-state index contributed by atoms with van der Waals surface area (Å²) in [5, 5.41) is 2.63. The number of primary amides is 1. The van der Waals surface area contributed by atoms with Gasteiger partial charge in [-0.3, -0.25) is 14.4 Å². The molecule has 0 saturated carbocycles. The highest BCUT2D eigenvalue weighted by molar-refractivity contribution is 5.92. The van der Waals surface area contributed by atoms with Crippen LogP contribution in [-0.2, 0) is 14.4 Å².